The third-order valence-corrected chi connectivity index (χ3v) is 4.32. The molecule has 1 heterocycles. The number of rotatable bonds is 1. The Morgan fingerprint density at radius 1 is 1.05 bits per heavy atom. The lowest BCUT2D eigenvalue weighted by molar-refractivity contribution is 0.132. The van der Waals surface area contributed by atoms with Crippen LogP contribution in [0.2, 0.25) is 0 Å². The highest BCUT2D eigenvalue weighted by Gasteiger charge is 2.30. The fourth-order valence-electron chi connectivity index (χ4n) is 3.33. The summed E-state index contributed by atoms with van der Waals surface area (Å²) in [6.07, 6.45) is 6.48. The van der Waals surface area contributed by atoms with Crippen LogP contribution in [0.5, 0.6) is 5.75 Å². The molecule has 0 bridgehead atoms. The van der Waals surface area contributed by atoms with E-state index in [1.165, 1.54) is 12.8 Å². The first kappa shape index (κ1) is 12.8. The summed E-state index contributed by atoms with van der Waals surface area (Å²) in [4.78, 5) is 2.39. The number of hydrogen-bond acceptors (Lipinski definition) is 3. The van der Waals surface area contributed by atoms with Crippen LogP contribution >= 0.6 is 0 Å². The van der Waals surface area contributed by atoms with E-state index in [4.69, 9.17) is 4.74 Å². The lowest BCUT2D eigenvalue weighted by Gasteiger charge is -2.35. The quantitative estimate of drug-likeness (QED) is 0.789. The number of ether oxygens (including phenoxy) is 1. The fourth-order valence-corrected chi connectivity index (χ4v) is 3.33. The predicted octanol–water partition coefficient (Wildman–Crippen LogP) is 2.97. The summed E-state index contributed by atoms with van der Waals surface area (Å²) < 4.78 is 5.81. The average Bonchev–Trinajstić information content (AvgIpc) is 2.76. The minimum absolute atomic E-state index is 0.200. The van der Waals surface area contributed by atoms with Crippen molar-refractivity contribution >= 4 is 5.69 Å². The average molecular weight is 261 g/mol. The summed E-state index contributed by atoms with van der Waals surface area (Å²) in [6.45, 7) is 1.76. The molecule has 3 heteroatoms. The van der Waals surface area contributed by atoms with Crippen LogP contribution < -0.4 is 9.64 Å². The lowest BCUT2D eigenvalue weighted by Crippen LogP contribution is -2.43. The van der Waals surface area contributed by atoms with Gasteiger partial charge in [-0.2, -0.15) is 0 Å². The topological polar surface area (TPSA) is 32.7 Å². The normalized spacial score (nSPS) is 27.9. The Morgan fingerprint density at radius 3 is 2.84 bits per heavy atom. The molecule has 1 aliphatic carbocycles. The molecule has 3 nitrogen and oxygen atoms in total. The molecule has 1 aliphatic heterocycles. The molecule has 2 aliphatic rings. The highest BCUT2D eigenvalue weighted by Crippen LogP contribution is 2.35. The second-order valence-corrected chi connectivity index (χ2v) is 5.64. The SMILES string of the molecule is OC1CCCCCC1N1CCCOc2ccccc21. The Morgan fingerprint density at radius 2 is 1.89 bits per heavy atom. The van der Waals surface area contributed by atoms with Crippen molar-refractivity contribution in [2.45, 2.75) is 50.7 Å². The van der Waals surface area contributed by atoms with Crippen LogP contribution in [0.4, 0.5) is 5.69 Å². The van der Waals surface area contributed by atoms with Gasteiger partial charge in [0.1, 0.15) is 5.75 Å². The Labute approximate surface area is 115 Å². The lowest BCUT2D eigenvalue weighted by atomic mass is 10.0. The largest absolute Gasteiger partial charge is 0.491 e. The number of aliphatic hydroxyl groups is 1. The number of anilines is 1. The smallest absolute Gasteiger partial charge is 0.142 e. The van der Waals surface area contributed by atoms with E-state index in [9.17, 15) is 5.11 Å². The van der Waals surface area contributed by atoms with Crippen LogP contribution in [0, 0.1) is 0 Å². The first-order chi connectivity index (χ1) is 9.36. The van der Waals surface area contributed by atoms with E-state index in [0.29, 0.717) is 0 Å². The predicted molar refractivity (Wildman–Crippen MR) is 76.8 cm³/mol. The van der Waals surface area contributed by atoms with Crippen LogP contribution in [0.15, 0.2) is 24.3 Å². The maximum atomic E-state index is 10.4. The van der Waals surface area contributed by atoms with E-state index in [2.05, 4.69) is 17.0 Å². The number of nitrogens with zero attached hydrogens (tertiary/aromatic N) is 1. The number of hydrogen-bond donors (Lipinski definition) is 1. The molecule has 0 saturated heterocycles. The van der Waals surface area contributed by atoms with E-state index < -0.39 is 0 Å². The monoisotopic (exact) mass is 261 g/mol. The minimum Gasteiger partial charge on any atom is -0.491 e. The maximum absolute atomic E-state index is 10.4. The molecule has 1 fully saturated rings. The van der Waals surface area contributed by atoms with Gasteiger partial charge in [0.25, 0.3) is 0 Å². The van der Waals surface area contributed by atoms with E-state index in [1.807, 2.05) is 12.1 Å². The van der Waals surface area contributed by atoms with Gasteiger partial charge < -0.3 is 14.7 Å². The zero-order valence-corrected chi connectivity index (χ0v) is 11.4. The molecule has 1 saturated carbocycles. The molecule has 1 aromatic carbocycles. The zero-order chi connectivity index (χ0) is 13.1. The van der Waals surface area contributed by atoms with Gasteiger partial charge in [0.05, 0.1) is 24.4 Å². The van der Waals surface area contributed by atoms with E-state index in [1.54, 1.807) is 0 Å². The third kappa shape index (κ3) is 2.71. The molecule has 0 aromatic heterocycles. The summed E-state index contributed by atoms with van der Waals surface area (Å²) in [7, 11) is 0. The van der Waals surface area contributed by atoms with Crippen LogP contribution in [0.1, 0.15) is 38.5 Å². The van der Waals surface area contributed by atoms with Gasteiger partial charge in [-0.15, -0.1) is 0 Å². The molecule has 19 heavy (non-hydrogen) atoms. The molecule has 0 spiro atoms. The van der Waals surface area contributed by atoms with E-state index in [0.717, 1.165) is 50.3 Å². The molecule has 2 atom stereocenters. The third-order valence-electron chi connectivity index (χ3n) is 4.32. The van der Waals surface area contributed by atoms with Crippen LogP contribution in [0.3, 0.4) is 0 Å². The number of aliphatic hydroxyl groups excluding tert-OH is 1. The number of benzene rings is 1. The molecule has 0 amide bonds. The number of para-hydroxylation sites is 2. The van der Waals surface area contributed by atoms with Crippen molar-refractivity contribution in [2.75, 3.05) is 18.1 Å². The molecule has 1 aromatic rings. The van der Waals surface area contributed by atoms with E-state index in [-0.39, 0.29) is 12.1 Å². The Hall–Kier alpha value is -1.22. The Balaban J connectivity index is 1.90. The molecule has 3 rings (SSSR count). The van der Waals surface area contributed by atoms with Crippen molar-refractivity contribution in [2.24, 2.45) is 0 Å². The summed E-state index contributed by atoms with van der Waals surface area (Å²) in [6, 6.07) is 8.50. The van der Waals surface area contributed by atoms with Crippen molar-refractivity contribution in [1.82, 2.24) is 0 Å². The van der Waals surface area contributed by atoms with Gasteiger partial charge in [0, 0.05) is 6.54 Å². The first-order valence-corrected chi connectivity index (χ1v) is 7.53. The first-order valence-electron chi connectivity index (χ1n) is 7.53. The molecule has 104 valence electrons. The highest BCUT2D eigenvalue weighted by atomic mass is 16.5. The summed E-state index contributed by atoms with van der Waals surface area (Å²) in [5, 5.41) is 10.4. The van der Waals surface area contributed by atoms with Gasteiger partial charge in [-0.05, 0) is 31.4 Å². The standard InChI is InChI=1S/C16H23NO2/c18-15-9-3-1-2-7-13(15)17-11-6-12-19-16-10-5-4-8-14(16)17/h4-5,8,10,13,15,18H,1-3,6-7,9,11-12H2. The van der Waals surface area contributed by atoms with Crippen LogP contribution in [-0.4, -0.2) is 30.4 Å². The van der Waals surface area contributed by atoms with Gasteiger partial charge in [-0.3, -0.25) is 0 Å². The number of fused-ring (bicyclic) bond motifs is 1. The maximum Gasteiger partial charge on any atom is 0.142 e. The van der Waals surface area contributed by atoms with Crippen molar-refractivity contribution in [1.29, 1.82) is 0 Å². The van der Waals surface area contributed by atoms with Crippen LogP contribution in [0.25, 0.3) is 0 Å². The fraction of sp³-hybridized carbons (Fsp3) is 0.625. The summed E-state index contributed by atoms with van der Waals surface area (Å²) in [5.41, 5.74) is 1.16. The molecular weight excluding hydrogens is 238 g/mol. The second kappa shape index (κ2) is 5.83. The van der Waals surface area contributed by atoms with Crippen molar-refractivity contribution in [3.63, 3.8) is 0 Å². The highest BCUT2D eigenvalue weighted by molar-refractivity contribution is 5.59. The summed E-state index contributed by atoms with van der Waals surface area (Å²) in [5.74, 6) is 0.969. The minimum atomic E-state index is -0.200. The zero-order valence-electron chi connectivity index (χ0n) is 11.4. The molecule has 2 unspecified atom stereocenters. The van der Waals surface area contributed by atoms with Crippen LogP contribution in [-0.2, 0) is 0 Å². The second-order valence-electron chi connectivity index (χ2n) is 5.64. The molecule has 0 radical (unpaired) electrons. The molecular formula is C16H23NO2. The van der Waals surface area contributed by atoms with Gasteiger partial charge in [0.15, 0.2) is 0 Å². The Bertz CT molecular complexity index is 421. The van der Waals surface area contributed by atoms with Gasteiger partial charge in [-0.1, -0.05) is 31.4 Å². The van der Waals surface area contributed by atoms with Gasteiger partial charge in [0.2, 0.25) is 0 Å². The Kier molecular flexibility index (Phi) is 3.92. The van der Waals surface area contributed by atoms with Crippen molar-refractivity contribution < 1.29 is 9.84 Å². The van der Waals surface area contributed by atoms with Gasteiger partial charge in [-0.25, -0.2) is 0 Å². The van der Waals surface area contributed by atoms with Crippen molar-refractivity contribution in [3.05, 3.63) is 24.3 Å². The molecule has 1 N–H and O–H groups in total. The van der Waals surface area contributed by atoms with E-state index >= 15 is 0 Å². The van der Waals surface area contributed by atoms with Crippen molar-refractivity contribution in [3.8, 4) is 5.75 Å². The summed E-state index contributed by atoms with van der Waals surface area (Å²) >= 11 is 0. The van der Waals surface area contributed by atoms with Gasteiger partial charge >= 0.3 is 0 Å².